The van der Waals surface area contributed by atoms with E-state index in [1.165, 1.54) is 28.8 Å². The van der Waals surface area contributed by atoms with Crippen LogP contribution in [0.2, 0.25) is 0 Å². The summed E-state index contributed by atoms with van der Waals surface area (Å²) in [6, 6.07) is 6.64. The van der Waals surface area contributed by atoms with E-state index in [2.05, 4.69) is 35.9 Å². The second-order valence-corrected chi connectivity index (χ2v) is 6.38. The largest absolute Gasteiger partial charge is 0.396 e. The molecule has 2 aromatic rings. The number of rotatable bonds is 5. The van der Waals surface area contributed by atoms with Crippen molar-refractivity contribution in [2.75, 3.05) is 18.1 Å². The molecule has 122 valence electrons. The van der Waals surface area contributed by atoms with E-state index in [0.29, 0.717) is 0 Å². The summed E-state index contributed by atoms with van der Waals surface area (Å²) < 4.78 is 0. The monoisotopic (exact) mass is 311 g/mol. The first-order valence-electron chi connectivity index (χ1n) is 8.45. The zero-order chi connectivity index (χ0) is 16.2. The van der Waals surface area contributed by atoms with Crippen LogP contribution in [0.15, 0.2) is 30.6 Å². The molecule has 1 aliphatic carbocycles. The highest BCUT2D eigenvalue weighted by Crippen LogP contribution is 2.36. The minimum Gasteiger partial charge on any atom is -0.396 e. The molecule has 0 aromatic carbocycles. The molecule has 4 nitrogen and oxygen atoms in total. The molecule has 1 atom stereocenters. The Morgan fingerprint density at radius 3 is 2.96 bits per heavy atom. The van der Waals surface area contributed by atoms with Crippen molar-refractivity contribution in [1.29, 1.82) is 0 Å². The highest BCUT2D eigenvalue weighted by atomic mass is 16.3. The Labute approximate surface area is 138 Å². The average Bonchev–Trinajstić information content (AvgIpc) is 2.56. The smallest absolute Gasteiger partial charge is 0.132 e. The van der Waals surface area contributed by atoms with Crippen molar-refractivity contribution in [2.24, 2.45) is 0 Å². The van der Waals surface area contributed by atoms with Gasteiger partial charge in [-0.15, -0.1) is 0 Å². The van der Waals surface area contributed by atoms with Crippen LogP contribution >= 0.6 is 0 Å². The highest BCUT2D eigenvalue weighted by Gasteiger charge is 2.28. The molecule has 2 heterocycles. The van der Waals surface area contributed by atoms with Crippen LogP contribution in [0.3, 0.4) is 0 Å². The van der Waals surface area contributed by atoms with Gasteiger partial charge in [0.1, 0.15) is 5.82 Å². The number of aromatic nitrogens is 2. The second-order valence-electron chi connectivity index (χ2n) is 6.38. The molecule has 0 bridgehead atoms. The number of aliphatic hydroxyl groups is 1. The van der Waals surface area contributed by atoms with Crippen molar-refractivity contribution in [3.05, 3.63) is 53.0 Å². The zero-order valence-electron chi connectivity index (χ0n) is 14.0. The molecular weight excluding hydrogens is 286 g/mol. The van der Waals surface area contributed by atoms with Crippen molar-refractivity contribution < 1.29 is 5.11 Å². The van der Waals surface area contributed by atoms with E-state index in [9.17, 15) is 5.11 Å². The quantitative estimate of drug-likeness (QED) is 0.920. The predicted octanol–water partition coefficient (Wildman–Crippen LogP) is 3.36. The van der Waals surface area contributed by atoms with E-state index in [1.807, 2.05) is 18.5 Å². The van der Waals surface area contributed by atoms with Gasteiger partial charge < -0.3 is 10.0 Å². The lowest BCUT2D eigenvalue weighted by atomic mass is 9.90. The molecule has 0 spiro atoms. The fourth-order valence-corrected chi connectivity index (χ4v) is 3.55. The van der Waals surface area contributed by atoms with E-state index < -0.39 is 0 Å². The van der Waals surface area contributed by atoms with Crippen LogP contribution in [0.1, 0.15) is 47.7 Å². The number of anilines is 1. The molecule has 0 fully saturated rings. The maximum atomic E-state index is 9.31. The van der Waals surface area contributed by atoms with Gasteiger partial charge >= 0.3 is 0 Å². The lowest BCUT2D eigenvalue weighted by molar-refractivity contribution is 0.287. The summed E-state index contributed by atoms with van der Waals surface area (Å²) in [4.78, 5) is 11.7. The van der Waals surface area contributed by atoms with Gasteiger partial charge in [-0.3, -0.25) is 4.98 Å². The van der Waals surface area contributed by atoms with E-state index in [4.69, 9.17) is 4.98 Å². The van der Waals surface area contributed by atoms with Crippen molar-refractivity contribution in [3.8, 4) is 0 Å². The Morgan fingerprint density at radius 1 is 1.30 bits per heavy atom. The third-order valence-electron chi connectivity index (χ3n) is 4.56. The van der Waals surface area contributed by atoms with Crippen LogP contribution in [0.25, 0.3) is 0 Å². The summed E-state index contributed by atoms with van der Waals surface area (Å²) >= 11 is 0. The van der Waals surface area contributed by atoms with Crippen LogP contribution in [-0.2, 0) is 6.42 Å². The van der Waals surface area contributed by atoms with Gasteiger partial charge in [-0.1, -0.05) is 12.1 Å². The number of aliphatic hydroxyl groups excluding tert-OH is 1. The zero-order valence-corrected chi connectivity index (χ0v) is 14.0. The number of hydrogen-bond donors (Lipinski definition) is 1. The summed E-state index contributed by atoms with van der Waals surface area (Å²) in [6.45, 7) is 5.18. The van der Waals surface area contributed by atoms with Crippen LogP contribution in [-0.4, -0.2) is 28.2 Å². The molecule has 1 aliphatic rings. The van der Waals surface area contributed by atoms with Crippen molar-refractivity contribution in [3.63, 3.8) is 0 Å². The normalized spacial score (nSPS) is 16.9. The standard InChI is InChI=1S/C19H25N3O/c1-14-12-15(2)19(21-13-14)22(10-5-11-23)17-8-3-6-16-7-4-9-20-18(16)17/h4,7,9,12-13,17,23H,3,5-6,8,10-11H2,1-2H3. The SMILES string of the molecule is Cc1cnc(N(CCCO)C2CCCc3cccnc32)c(C)c1. The first kappa shape index (κ1) is 15.9. The Kier molecular flexibility index (Phi) is 4.91. The van der Waals surface area contributed by atoms with Crippen molar-refractivity contribution >= 4 is 5.82 Å². The molecule has 4 heteroatoms. The first-order chi connectivity index (χ1) is 11.2. The molecule has 0 amide bonds. The molecule has 0 aliphatic heterocycles. The van der Waals surface area contributed by atoms with Crippen LogP contribution in [0.5, 0.6) is 0 Å². The third-order valence-corrected chi connectivity index (χ3v) is 4.56. The van der Waals surface area contributed by atoms with E-state index in [-0.39, 0.29) is 12.6 Å². The van der Waals surface area contributed by atoms with E-state index >= 15 is 0 Å². The Bertz CT molecular complexity index is 671. The van der Waals surface area contributed by atoms with Crippen LogP contribution < -0.4 is 4.90 Å². The number of fused-ring (bicyclic) bond motifs is 1. The maximum absolute atomic E-state index is 9.31. The van der Waals surface area contributed by atoms with E-state index in [1.54, 1.807) is 0 Å². The minimum atomic E-state index is 0.198. The summed E-state index contributed by atoms with van der Waals surface area (Å²) in [7, 11) is 0. The van der Waals surface area contributed by atoms with Gasteiger partial charge in [0.05, 0.1) is 11.7 Å². The summed E-state index contributed by atoms with van der Waals surface area (Å²) in [5.74, 6) is 1.02. The van der Waals surface area contributed by atoms with Crippen LogP contribution in [0.4, 0.5) is 5.82 Å². The number of pyridine rings is 2. The second kappa shape index (κ2) is 7.09. The van der Waals surface area contributed by atoms with Gasteiger partial charge in [0, 0.05) is 25.5 Å². The molecule has 2 aromatic heterocycles. The maximum Gasteiger partial charge on any atom is 0.132 e. The Hall–Kier alpha value is -1.94. The predicted molar refractivity (Wildman–Crippen MR) is 92.7 cm³/mol. The van der Waals surface area contributed by atoms with Gasteiger partial charge in [0.15, 0.2) is 0 Å². The number of aryl methyl sites for hydroxylation is 3. The van der Waals surface area contributed by atoms with Gasteiger partial charge in [0.2, 0.25) is 0 Å². The molecule has 1 N–H and O–H groups in total. The van der Waals surface area contributed by atoms with E-state index in [0.717, 1.165) is 31.6 Å². The third kappa shape index (κ3) is 3.37. The molecular formula is C19H25N3O. The van der Waals surface area contributed by atoms with Crippen molar-refractivity contribution in [2.45, 2.75) is 45.6 Å². The fraction of sp³-hybridized carbons (Fsp3) is 0.474. The Morgan fingerprint density at radius 2 is 2.17 bits per heavy atom. The lowest BCUT2D eigenvalue weighted by Crippen LogP contribution is -2.34. The van der Waals surface area contributed by atoms with Gasteiger partial charge in [0.25, 0.3) is 0 Å². The molecule has 0 saturated carbocycles. The molecule has 0 saturated heterocycles. The lowest BCUT2D eigenvalue weighted by Gasteiger charge is -2.36. The van der Waals surface area contributed by atoms with Gasteiger partial charge in [-0.05, 0) is 62.3 Å². The van der Waals surface area contributed by atoms with Crippen LogP contribution in [0, 0.1) is 13.8 Å². The summed E-state index contributed by atoms with van der Waals surface area (Å²) in [5, 5.41) is 9.31. The average molecular weight is 311 g/mol. The highest BCUT2D eigenvalue weighted by molar-refractivity contribution is 5.50. The molecule has 1 unspecified atom stereocenters. The van der Waals surface area contributed by atoms with Gasteiger partial charge in [-0.25, -0.2) is 4.98 Å². The topological polar surface area (TPSA) is 49.2 Å². The van der Waals surface area contributed by atoms with Crippen molar-refractivity contribution in [1.82, 2.24) is 9.97 Å². The summed E-state index contributed by atoms with van der Waals surface area (Å²) in [6.07, 6.45) is 7.92. The minimum absolute atomic E-state index is 0.198. The number of hydrogen-bond acceptors (Lipinski definition) is 4. The first-order valence-corrected chi connectivity index (χ1v) is 8.45. The summed E-state index contributed by atoms with van der Waals surface area (Å²) in [5.41, 5.74) is 4.89. The molecule has 0 radical (unpaired) electrons. The number of nitrogens with zero attached hydrogens (tertiary/aromatic N) is 3. The van der Waals surface area contributed by atoms with Gasteiger partial charge in [-0.2, -0.15) is 0 Å². The fourth-order valence-electron chi connectivity index (χ4n) is 3.55. The molecule has 23 heavy (non-hydrogen) atoms. The molecule has 3 rings (SSSR count). The Balaban J connectivity index is 2.00.